The van der Waals surface area contributed by atoms with Gasteiger partial charge in [-0.25, -0.2) is 0 Å². The van der Waals surface area contributed by atoms with Gasteiger partial charge in [0.15, 0.2) is 5.82 Å². The van der Waals surface area contributed by atoms with Crippen molar-refractivity contribution in [3.05, 3.63) is 68.9 Å². The van der Waals surface area contributed by atoms with Crippen LogP contribution in [0.5, 0.6) is 0 Å². The van der Waals surface area contributed by atoms with Gasteiger partial charge < -0.3 is 5.32 Å². The molecule has 0 aliphatic heterocycles. The summed E-state index contributed by atoms with van der Waals surface area (Å²) in [5.74, 6) is 0.363. The average Bonchev–Trinajstić information content (AvgIpc) is 3.01. The van der Waals surface area contributed by atoms with Crippen LogP contribution in [0.15, 0.2) is 57.5 Å². The first-order valence-electron chi connectivity index (χ1n) is 6.70. The number of hydrogen-bond acceptors (Lipinski definition) is 4. The number of amides is 1. The normalized spacial score (nSPS) is 10.5. The van der Waals surface area contributed by atoms with E-state index in [-0.39, 0.29) is 12.5 Å². The molecule has 0 saturated carbocycles. The zero-order chi connectivity index (χ0) is 16.2. The summed E-state index contributed by atoms with van der Waals surface area (Å²) in [6.07, 6.45) is 0. The number of carbonyl (C=O) groups is 1. The maximum Gasteiger partial charge on any atom is 0.251 e. The molecule has 0 saturated heterocycles. The molecule has 23 heavy (non-hydrogen) atoms. The number of halogens is 2. The summed E-state index contributed by atoms with van der Waals surface area (Å²) in [4.78, 5) is 12.2. The van der Waals surface area contributed by atoms with Crippen molar-refractivity contribution in [2.24, 2.45) is 0 Å². The molecule has 0 aliphatic rings. The van der Waals surface area contributed by atoms with Crippen LogP contribution >= 0.6 is 31.9 Å². The van der Waals surface area contributed by atoms with E-state index >= 15 is 0 Å². The Labute approximate surface area is 149 Å². The van der Waals surface area contributed by atoms with Crippen molar-refractivity contribution in [2.75, 3.05) is 0 Å². The summed E-state index contributed by atoms with van der Waals surface area (Å²) in [6.45, 7) is 0.227. The van der Waals surface area contributed by atoms with Crippen molar-refractivity contribution in [3.63, 3.8) is 0 Å². The van der Waals surface area contributed by atoms with Gasteiger partial charge in [0, 0.05) is 14.5 Å². The first-order valence-corrected chi connectivity index (χ1v) is 8.29. The molecule has 3 rings (SSSR count). The molecule has 1 N–H and O–H groups in total. The Morgan fingerprint density at radius 2 is 1.83 bits per heavy atom. The second-order valence-electron chi connectivity index (χ2n) is 4.68. The first kappa shape index (κ1) is 15.8. The number of nitrogens with one attached hydrogen (secondary N) is 1. The highest BCUT2D eigenvalue weighted by Crippen LogP contribution is 2.15. The standard InChI is InChI=1S/C15H11Br2N5O/c16-11-4-1-3-10(7-11)15(23)18-9-14-19-20-21-22(14)13-6-2-5-12(17)8-13/h1-8H,9H2,(H,18,23). The van der Waals surface area contributed by atoms with Gasteiger partial charge in [-0.2, -0.15) is 4.68 Å². The molecule has 0 unspecified atom stereocenters. The number of nitrogens with zero attached hydrogens (tertiary/aromatic N) is 4. The summed E-state index contributed by atoms with van der Waals surface area (Å²) in [7, 11) is 0. The van der Waals surface area contributed by atoms with Crippen molar-refractivity contribution in [2.45, 2.75) is 6.54 Å². The SMILES string of the molecule is O=C(NCc1nnnn1-c1cccc(Br)c1)c1cccc(Br)c1. The molecule has 0 bridgehead atoms. The fourth-order valence-electron chi connectivity index (χ4n) is 2.02. The Hall–Kier alpha value is -2.06. The Morgan fingerprint density at radius 1 is 1.09 bits per heavy atom. The Morgan fingerprint density at radius 3 is 2.57 bits per heavy atom. The van der Waals surface area contributed by atoms with E-state index in [1.807, 2.05) is 36.4 Å². The molecule has 1 heterocycles. The molecule has 0 fully saturated rings. The van der Waals surface area contributed by atoms with Gasteiger partial charge in [0.2, 0.25) is 0 Å². The summed E-state index contributed by atoms with van der Waals surface area (Å²) >= 11 is 6.76. The van der Waals surface area contributed by atoms with Crippen LogP contribution in [0.25, 0.3) is 5.69 Å². The fourth-order valence-corrected chi connectivity index (χ4v) is 2.80. The lowest BCUT2D eigenvalue weighted by molar-refractivity contribution is 0.0949. The predicted molar refractivity (Wildman–Crippen MR) is 92.2 cm³/mol. The van der Waals surface area contributed by atoms with Gasteiger partial charge in [-0.1, -0.05) is 44.0 Å². The monoisotopic (exact) mass is 435 g/mol. The van der Waals surface area contributed by atoms with Gasteiger partial charge in [0.05, 0.1) is 12.2 Å². The summed E-state index contributed by atoms with van der Waals surface area (Å²) in [5.41, 5.74) is 1.39. The molecule has 8 heteroatoms. The van der Waals surface area contributed by atoms with Crippen molar-refractivity contribution in [1.82, 2.24) is 25.5 Å². The van der Waals surface area contributed by atoms with E-state index in [1.54, 1.807) is 16.8 Å². The molecule has 1 amide bonds. The number of benzene rings is 2. The fraction of sp³-hybridized carbons (Fsp3) is 0.0667. The van der Waals surface area contributed by atoms with E-state index in [0.717, 1.165) is 14.6 Å². The minimum absolute atomic E-state index is 0.185. The summed E-state index contributed by atoms with van der Waals surface area (Å²) < 4.78 is 3.37. The largest absolute Gasteiger partial charge is 0.345 e. The molecule has 6 nitrogen and oxygen atoms in total. The summed E-state index contributed by atoms with van der Waals surface area (Å²) in [5, 5.41) is 14.4. The van der Waals surface area contributed by atoms with E-state index in [0.29, 0.717) is 11.4 Å². The second-order valence-corrected chi connectivity index (χ2v) is 6.51. The smallest absolute Gasteiger partial charge is 0.251 e. The maximum absolute atomic E-state index is 12.2. The van der Waals surface area contributed by atoms with Gasteiger partial charge in [0.1, 0.15) is 0 Å². The van der Waals surface area contributed by atoms with Gasteiger partial charge in [-0.05, 0) is 46.8 Å². The summed E-state index contributed by atoms with van der Waals surface area (Å²) in [6, 6.07) is 14.8. The van der Waals surface area contributed by atoms with E-state index in [4.69, 9.17) is 0 Å². The lowest BCUT2D eigenvalue weighted by Gasteiger charge is -2.07. The van der Waals surface area contributed by atoms with Crippen molar-refractivity contribution >= 4 is 37.8 Å². The lowest BCUT2D eigenvalue weighted by atomic mass is 10.2. The van der Waals surface area contributed by atoms with Gasteiger partial charge in [-0.3, -0.25) is 4.79 Å². The zero-order valence-corrected chi connectivity index (χ0v) is 15.0. The van der Waals surface area contributed by atoms with E-state index in [2.05, 4.69) is 52.7 Å². The highest BCUT2D eigenvalue weighted by atomic mass is 79.9. The van der Waals surface area contributed by atoms with Crippen LogP contribution in [-0.4, -0.2) is 26.1 Å². The predicted octanol–water partition coefficient (Wildman–Crippen LogP) is 3.12. The van der Waals surface area contributed by atoms with Gasteiger partial charge >= 0.3 is 0 Å². The van der Waals surface area contributed by atoms with E-state index < -0.39 is 0 Å². The number of tetrazole rings is 1. The molecule has 2 aromatic carbocycles. The molecule has 0 atom stereocenters. The second kappa shape index (κ2) is 7.01. The third kappa shape index (κ3) is 3.83. The zero-order valence-electron chi connectivity index (χ0n) is 11.8. The third-order valence-corrected chi connectivity index (χ3v) is 4.07. The van der Waals surface area contributed by atoms with Crippen molar-refractivity contribution in [1.29, 1.82) is 0 Å². The molecule has 0 spiro atoms. The molecular weight excluding hydrogens is 426 g/mol. The molecular formula is C15H11Br2N5O. The quantitative estimate of drug-likeness (QED) is 0.681. The number of carbonyl (C=O) groups excluding carboxylic acids is 1. The average molecular weight is 437 g/mol. The van der Waals surface area contributed by atoms with Crippen LogP contribution in [0.4, 0.5) is 0 Å². The van der Waals surface area contributed by atoms with Crippen molar-refractivity contribution in [3.8, 4) is 5.69 Å². The Kier molecular flexibility index (Phi) is 4.82. The minimum Gasteiger partial charge on any atom is -0.345 e. The van der Waals surface area contributed by atoms with Crippen LogP contribution in [0.3, 0.4) is 0 Å². The highest BCUT2D eigenvalue weighted by Gasteiger charge is 2.11. The van der Waals surface area contributed by atoms with Crippen LogP contribution < -0.4 is 5.32 Å². The van der Waals surface area contributed by atoms with Crippen LogP contribution in [0.2, 0.25) is 0 Å². The minimum atomic E-state index is -0.185. The van der Waals surface area contributed by atoms with Crippen molar-refractivity contribution < 1.29 is 4.79 Å². The van der Waals surface area contributed by atoms with Crippen LogP contribution in [0, 0.1) is 0 Å². The van der Waals surface area contributed by atoms with E-state index in [1.165, 1.54) is 0 Å². The molecule has 0 radical (unpaired) electrons. The van der Waals surface area contributed by atoms with Crippen LogP contribution in [0.1, 0.15) is 16.2 Å². The number of hydrogen-bond donors (Lipinski definition) is 1. The lowest BCUT2D eigenvalue weighted by Crippen LogP contribution is -2.24. The Bertz CT molecular complexity index is 849. The van der Waals surface area contributed by atoms with E-state index in [9.17, 15) is 4.79 Å². The highest BCUT2D eigenvalue weighted by molar-refractivity contribution is 9.10. The molecule has 1 aromatic heterocycles. The van der Waals surface area contributed by atoms with Crippen LogP contribution in [-0.2, 0) is 6.54 Å². The topological polar surface area (TPSA) is 72.7 Å². The van der Waals surface area contributed by atoms with Gasteiger partial charge in [0.25, 0.3) is 5.91 Å². The number of aromatic nitrogens is 4. The maximum atomic E-state index is 12.2. The molecule has 0 aliphatic carbocycles. The Balaban J connectivity index is 1.75. The third-order valence-electron chi connectivity index (χ3n) is 3.08. The number of rotatable bonds is 4. The van der Waals surface area contributed by atoms with Gasteiger partial charge in [-0.15, -0.1) is 5.10 Å². The molecule has 116 valence electrons. The first-order chi connectivity index (χ1) is 11.1. The molecule has 3 aromatic rings.